The summed E-state index contributed by atoms with van der Waals surface area (Å²) in [6, 6.07) is 6.38. The number of benzene rings is 1. The highest BCUT2D eigenvalue weighted by Gasteiger charge is 2.39. The van der Waals surface area contributed by atoms with E-state index in [1.807, 2.05) is 0 Å². The van der Waals surface area contributed by atoms with Crippen LogP contribution in [0.15, 0.2) is 24.3 Å². The molecule has 0 saturated carbocycles. The Morgan fingerprint density at radius 3 is 2.20 bits per heavy atom. The maximum absolute atomic E-state index is 12.7. The van der Waals surface area contributed by atoms with Crippen molar-refractivity contribution in [3.8, 4) is 0 Å². The molecule has 25 heavy (non-hydrogen) atoms. The summed E-state index contributed by atoms with van der Waals surface area (Å²) in [5, 5.41) is 2.76. The monoisotopic (exact) mass is 346 g/mol. The first-order valence-electron chi connectivity index (χ1n) is 8.55. The number of likely N-dealkylation sites (tertiary alicyclic amines) is 1. The normalized spacial score (nSPS) is 15.6. The summed E-state index contributed by atoms with van der Waals surface area (Å²) in [6.07, 6.45) is 1.94. The first-order valence-corrected chi connectivity index (χ1v) is 8.55. The number of amides is 2. The molecule has 0 radical (unpaired) electrons. The Bertz CT molecular complexity index is 644. The van der Waals surface area contributed by atoms with E-state index in [4.69, 9.17) is 0 Å². The lowest BCUT2D eigenvalue weighted by molar-refractivity contribution is -0.147. The van der Waals surface area contributed by atoms with E-state index in [9.17, 15) is 14.4 Å². The predicted octanol–water partition coefficient (Wildman–Crippen LogP) is 2.70. The molecule has 1 aliphatic heterocycles. The molecule has 1 aromatic rings. The van der Waals surface area contributed by atoms with E-state index in [-0.39, 0.29) is 11.8 Å². The van der Waals surface area contributed by atoms with Gasteiger partial charge in [-0.25, -0.2) is 4.79 Å². The largest absolute Gasteiger partial charge is 0.465 e. The van der Waals surface area contributed by atoms with Crippen molar-refractivity contribution < 1.29 is 19.1 Å². The molecule has 0 unspecified atom stereocenters. The minimum Gasteiger partial charge on any atom is -0.465 e. The second-order valence-corrected chi connectivity index (χ2v) is 7.12. The average molecular weight is 346 g/mol. The first-order chi connectivity index (χ1) is 11.8. The van der Waals surface area contributed by atoms with Gasteiger partial charge in [0.2, 0.25) is 11.8 Å². The summed E-state index contributed by atoms with van der Waals surface area (Å²) < 4.78 is 4.64. The standard InChI is InChI=1S/C19H26N2O4/c1-13-9-11-21(12-10-13)18(24)19(2,3)17(23)20-15-7-5-14(6-8-15)16(22)25-4/h5-8,13H,9-12H2,1-4H3,(H,20,23). The molecule has 2 amide bonds. The molecule has 2 rings (SSSR count). The Balaban J connectivity index is 2.02. The minimum absolute atomic E-state index is 0.150. The van der Waals surface area contributed by atoms with E-state index in [1.165, 1.54) is 7.11 Å². The van der Waals surface area contributed by atoms with Gasteiger partial charge in [-0.05, 0) is 56.9 Å². The molecule has 0 spiro atoms. The molecule has 0 aromatic heterocycles. The van der Waals surface area contributed by atoms with Crippen LogP contribution in [0.4, 0.5) is 5.69 Å². The molecule has 0 atom stereocenters. The van der Waals surface area contributed by atoms with E-state index >= 15 is 0 Å². The van der Waals surface area contributed by atoms with Crippen molar-refractivity contribution in [1.29, 1.82) is 0 Å². The summed E-state index contributed by atoms with van der Waals surface area (Å²) >= 11 is 0. The number of carbonyl (C=O) groups excluding carboxylic acids is 3. The van der Waals surface area contributed by atoms with Crippen LogP contribution in [0.1, 0.15) is 44.0 Å². The lowest BCUT2D eigenvalue weighted by atomic mass is 9.88. The number of ether oxygens (including phenoxy) is 1. The van der Waals surface area contributed by atoms with Gasteiger partial charge in [0, 0.05) is 18.8 Å². The van der Waals surface area contributed by atoms with Crippen molar-refractivity contribution in [3.05, 3.63) is 29.8 Å². The van der Waals surface area contributed by atoms with Crippen LogP contribution in [0, 0.1) is 11.3 Å². The molecule has 0 bridgehead atoms. The molecule has 1 fully saturated rings. The van der Waals surface area contributed by atoms with Crippen LogP contribution < -0.4 is 5.32 Å². The smallest absolute Gasteiger partial charge is 0.337 e. The number of anilines is 1. The minimum atomic E-state index is -1.15. The molecule has 1 heterocycles. The van der Waals surface area contributed by atoms with Crippen LogP contribution in [0.2, 0.25) is 0 Å². The highest BCUT2D eigenvalue weighted by molar-refractivity contribution is 6.10. The summed E-state index contributed by atoms with van der Waals surface area (Å²) in [7, 11) is 1.31. The Labute approximate surface area is 148 Å². The van der Waals surface area contributed by atoms with Gasteiger partial charge < -0.3 is 15.0 Å². The number of methoxy groups -OCH3 is 1. The second kappa shape index (κ2) is 7.68. The van der Waals surface area contributed by atoms with Crippen LogP contribution in [-0.4, -0.2) is 42.9 Å². The maximum atomic E-state index is 12.7. The number of hydrogen-bond acceptors (Lipinski definition) is 4. The first kappa shape index (κ1) is 19.0. The summed E-state index contributed by atoms with van der Waals surface area (Å²) in [5.74, 6) is -0.327. The molecule has 1 aliphatic rings. The fourth-order valence-corrected chi connectivity index (χ4v) is 2.80. The molecule has 6 nitrogen and oxygen atoms in total. The van der Waals surface area contributed by atoms with Crippen molar-refractivity contribution in [2.45, 2.75) is 33.6 Å². The van der Waals surface area contributed by atoms with Crippen molar-refractivity contribution in [2.24, 2.45) is 11.3 Å². The van der Waals surface area contributed by atoms with Crippen LogP contribution in [-0.2, 0) is 14.3 Å². The third-order valence-electron chi connectivity index (χ3n) is 4.74. The van der Waals surface area contributed by atoms with Crippen molar-refractivity contribution in [2.75, 3.05) is 25.5 Å². The lowest BCUT2D eigenvalue weighted by Crippen LogP contribution is -2.49. The van der Waals surface area contributed by atoms with Gasteiger partial charge in [-0.1, -0.05) is 6.92 Å². The molecule has 0 aliphatic carbocycles. The van der Waals surface area contributed by atoms with Gasteiger partial charge in [-0.2, -0.15) is 0 Å². The fraction of sp³-hybridized carbons (Fsp3) is 0.526. The van der Waals surface area contributed by atoms with Crippen molar-refractivity contribution in [1.82, 2.24) is 4.90 Å². The van der Waals surface area contributed by atoms with Crippen molar-refractivity contribution >= 4 is 23.5 Å². The molecular formula is C19H26N2O4. The van der Waals surface area contributed by atoms with Gasteiger partial charge in [-0.3, -0.25) is 9.59 Å². The zero-order chi connectivity index (χ0) is 18.6. The second-order valence-electron chi connectivity index (χ2n) is 7.12. The van der Waals surface area contributed by atoms with E-state index in [2.05, 4.69) is 17.0 Å². The van der Waals surface area contributed by atoms with Gasteiger partial charge in [0.1, 0.15) is 5.41 Å². The number of piperidine rings is 1. The number of nitrogens with one attached hydrogen (secondary N) is 1. The fourth-order valence-electron chi connectivity index (χ4n) is 2.80. The van der Waals surface area contributed by atoms with Crippen molar-refractivity contribution in [3.63, 3.8) is 0 Å². The predicted molar refractivity (Wildman–Crippen MR) is 95.2 cm³/mol. The molecular weight excluding hydrogens is 320 g/mol. The zero-order valence-corrected chi connectivity index (χ0v) is 15.3. The van der Waals surface area contributed by atoms with Crippen LogP contribution in [0.3, 0.4) is 0 Å². The summed E-state index contributed by atoms with van der Waals surface area (Å²) in [5.41, 5.74) is -0.217. The third-order valence-corrected chi connectivity index (χ3v) is 4.74. The lowest BCUT2D eigenvalue weighted by Gasteiger charge is -2.35. The van der Waals surface area contributed by atoms with Gasteiger partial charge in [0.25, 0.3) is 0 Å². The quantitative estimate of drug-likeness (QED) is 0.672. The van der Waals surface area contributed by atoms with Gasteiger partial charge >= 0.3 is 5.97 Å². The third kappa shape index (κ3) is 4.38. The number of rotatable bonds is 4. The number of carbonyl (C=O) groups is 3. The van der Waals surface area contributed by atoms with E-state index in [0.717, 1.165) is 12.8 Å². The molecule has 1 N–H and O–H groups in total. The Kier molecular flexibility index (Phi) is 5.82. The molecule has 136 valence electrons. The Hall–Kier alpha value is -2.37. The number of esters is 1. The molecule has 1 saturated heterocycles. The van der Waals surface area contributed by atoms with Gasteiger partial charge in [0.15, 0.2) is 0 Å². The number of nitrogens with zero attached hydrogens (tertiary/aromatic N) is 1. The zero-order valence-electron chi connectivity index (χ0n) is 15.3. The van der Waals surface area contributed by atoms with Crippen LogP contribution in [0.5, 0.6) is 0 Å². The molecule has 1 aromatic carbocycles. The SMILES string of the molecule is COC(=O)c1ccc(NC(=O)C(C)(C)C(=O)N2CCC(C)CC2)cc1. The number of hydrogen-bond donors (Lipinski definition) is 1. The average Bonchev–Trinajstić information content (AvgIpc) is 2.61. The van der Waals surface area contributed by atoms with Gasteiger partial charge in [-0.15, -0.1) is 0 Å². The van der Waals surface area contributed by atoms with Crippen LogP contribution in [0.25, 0.3) is 0 Å². The Morgan fingerprint density at radius 1 is 1.12 bits per heavy atom. The molecule has 6 heteroatoms. The van der Waals surface area contributed by atoms with E-state index < -0.39 is 11.4 Å². The highest BCUT2D eigenvalue weighted by atomic mass is 16.5. The summed E-state index contributed by atoms with van der Waals surface area (Å²) in [6.45, 7) is 6.86. The van der Waals surface area contributed by atoms with E-state index in [1.54, 1.807) is 43.0 Å². The van der Waals surface area contributed by atoms with Crippen LogP contribution >= 0.6 is 0 Å². The van der Waals surface area contributed by atoms with Gasteiger partial charge in [0.05, 0.1) is 12.7 Å². The topological polar surface area (TPSA) is 75.7 Å². The highest BCUT2D eigenvalue weighted by Crippen LogP contribution is 2.25. The maximum Gasteiger partial charge on any atom is 0.337 e. The summed E-state index contributed by atoms with van der Waals surface area (Å²) in [4.78, 5) is 38.6. The van der Waals surface area contributed by atoms with E-state index in [0.29, 0.717) is 30.3 Å². The Morgan fingerprint density at radius 2 is 1.68 bits per heavy atom.